The minimum Gasteiger partial charge on any atom is -0.397 e. The zero-order valence-corrected chi connectivity index (χ0v) is 4.76. The van der Waals surface area contributed by atoms with E-state index in [0.717, 1.165) is 11.4 Å². The summed E-state index contributed by atoms with van der Waals surface area (Å²) in [6.07, 6.45) is 5.37. The average Bonchev–Trinajstić information content (AvgIpc) is 2.14. The minimum atomic E-state index is 0.757. The van der Waals surface area contributed by atoms with Crippen molar-refractivity contribution in [2.45, 2.75) is 6.92 Å². The lowest BCUT2D eigenvalue weighted by Crippen LogP contribution is -1.94. The van der Waals surface area contributed by atoms with Gasteiger partial charge < -0.3 is 5.73 Å². The molecule has 0 unspecified atom stereocenters. The minimum absolute atomic E-state index is 0.757. The van der Waals surface area contributed by atoms with Gasteiger partial charge in [0, 0.05) is 6.21 Å². The fourth-order valence-electron chi connectivity index (χ4n) is 0.599. The Morgan fingerprint density at radius 1 is 1.75 bits per heavy atom. The summed E-state index contributed by atoms with van der Waals surface area (Å²) in [6, 6.07) is 0. The normalized spacial score (nSPS) is 22.1. The molecule has 1 aliphatic rings. The van der Waals surface area contributed by atoms with E-state index < -0.39 is 0 Å². The molecule has 2 heteroatoms. The van der Waals surface area contributed by atoms with Crippen LogP contribution in [0.4, 0.5) is 0 Å². The summed E-state index contributed by atoms with van der Waals surface area (Å²) in [5.74, 6) is 0. The van der Waals surface area contributed by atoms with Gasteiger partial charge in [0.15, 0.2) is 0 Å². The van der Waals surface area contributed by atoms with Crippen LogP contribution in [-0.4, -0.2) is 6.21 Å². The second kappa shape index (κ2) is 1.82. The number of nitrogens with two attached hydrogens (primary N) is 1. The maximum absolute atomic E-state index is 5.46. The molecule has 0 saturated heterocycles. The van der Waals surface area contributed by atoms with E-state index >= 15 is 0 Å². The molecule has 0 radical (unpaired) electrons. The largest absolute Gasteiger partial charge is 0.397 e. The maximum atomic E-state index is 5.46. The van der Waals surface area contributed by atoms with E-state index in [9.17, 15) is 0 Å². The van der Waals surface area contributed by atoms with Gasteiger partial charge in [-0.2, -0.15) is 0 Å². The standard InChI is InChI=1S/C6H8N2/c1-2-6-5(7)3-4-8-6/h2-4H,7H2,1H3/b6-2+. The summed E-state index contributed by atoms with van der Waals surface area (Å²) in [6.45, 7) is 1.92. The lowest BCUT2D eigenvalue weighted by Gasteiger charge is -1.90. The Balaban J connectivity index is 2.88. The highest BCUT2D eigenvalue weighted by molar-refractivity contribution is 5.78. The predicted molar refractivity (Wildman–Crippen MR) is 34.5 cm³/mol. The van der Waals surface area contributed by atoms with Crippen LogP contribution in [0.1, 0.15) is 6.92 Å². The molecule has 0 fully saturated rings. The summed E-state index contributed by atoms with van der Waals surface area (Å²) in [4.78, 5) is 3.95. The first kappa shape index (κ1) is 5.09. The van der Waals surface area contributed by atoms with Crippen LogP contribution in [0.25, 0.3) is 0 Å². The number of hydrogen-bond acceptors (Lipinski definition) is 2. The van der Waals surface area contributed by atoms with Crippen molar-refractivity contribution in [2.24, 2.45) is 10.7 Å². The topological polar surface area (TPSA) is 38.4 Å². The Morgan fingerprint density at radius 2 is 2.50 bits per heavy atom. The molecule has 0 spiro atoms. The maximum Gasteiger partial charge on any atom is 0.0816 e. The third-order valence-electron chi connectivity index (χ3n) is 1.04. The molecule has 0 aliphatic carbocycles. The molecule has 0 aromatic rings. The number of aliphatic imine (C=N–C) groups is 1. The highest BCUT2D eigenvalue weighted by atomic mass is 14.8. The van der Waals surface area contributed by atoms with E-state index in [1.165, 1.54) is 0 Å². The molecule has 1 heterocycles. The number of hydrogen-bond donors (Lipinski definition) is 1. The van der Waals surface area contributed by atoms with Crippen LogP contribution in [0, 0.1) is 0 Å². The van der Waals surface area contributed by atoms with Crippen molar-refractivity contribution in [3.63, 3.8) is 0 Å². The third-order valence-corrected chi connectivity index (χ3v) is 1.04. The van der Waals surface area contributed by atoms with Gasteiger partial charge in [0.05, 0.1) is 11.4 Å². The molecule has 0 bridgehead atoms. The molecule has 2 N–H and O–H groups in total. The summed E-state index contributed by atoms with van der Waals surface area (Å²) in [5, 5.41) is 0. The van der Waals surface area contributed by atoms with Gasteiger partial charge in [-0.3, -0.25) is 4.99 Å². The van der Waals surface area contributed by atoms with Gasteiger partial charge in [-0.05, 0) is 13.0 Å². The van der Waals surface area contributed by atoms with Crippen LogP contribution in [0.5, 0.6) is 0 Å². The SMILES string of the molecule is C/C=C1/N=CC=C1N. The molecule has 2 nitrogen and oxygen atoms in total. The van der Waals surface area contributed by atoms with E-state index in [4.69, 9.17) is 5.73 Å². The molecule has 0 amide bonds. The molecular formula is C6H8N2. The highest BCUT2D eigenvalue weighted by Crippen LogP contribution is 2.08. The van der Waals surface area contributed by atoms with Crippen molar-refractivity contribution in [2.75, 3.05) is 0 Å². The molecule has 42 valence electrons. The van der Waals surface area contributed by atoms with Gasteiger partial charge in [0.1, 0.15) is 0 Å². The molecule has 1 rings (SSSR count). The molecule has 0 aromatic heterocycles. The van der Waals surface area contributed by atoms with E-state index in [2.05, 4.69) is 4.99 Å². The Morgan fingerprint density at radius 3 is 2.75 bits per heavy atom. The van der Waals surface area contributed by atoms with Crippen LogP contribution in [0.15, 0.2) is 28.5 Å². The summed E-state index contributed by atoms with van der Waals surface area (Å²) < 4.78 is 0. The van der Waals surface area contributed by atoms with Crippen molar-refractivity contribution in [1.82, 2.24) is 0 Å². The van der Waals surface area contributed by atoms with Crippen molar-refractivity contribution in [3.05, 3.63) is 23.5 Å². The smallest absolute Gasteiger partial charge is 0.0816 e. The first-order valence-electron chi connectivity index (χ1n) is 2.51. The van der Waals surface area contributed by atoms with Crippen LogP contribution < -0.4 is 5.73 Å². The van der Waals surface area contributed by atoms with Gasteiger partial charge in [-0.1, -0.05) is 6.08 Å². The lowest BCUT2D eigenvalue weighted by atomic mass is 10.3. The summed E-state index contributed by atoms with van der Waals surface area (Å²) in [5.41, 5.74) is 7.09. The van der Waals surface area contributed by atoms with Crippen LogP contribution >= 0.6 is 0 Å². The average molecular weight is 108 g/mol. The van der Waals surface area contributed by atoms with Crippen LogP contribution in [-0.2, 0) is 0 Å². The van der Waals surface area contributed by atoms with Gasteiger partial charge >= 0.3 is 0 Å². The number of allylic oxidation sites excluding steroid dienone is 2. The molecule has 1 aliphatic heterocycles. The van der Waals surface area contributed by atoms with E-state index in [1.807, 2.05) is 13.0 Å². The Kier molecular flexibility index (Phi) is 1.16. The monoisotopic (exact) mass is 108 g/mol. The van der Waals surface area contributed by atoms with E-state index in [1.54, 1.807) is 12.3 Å². The van der Waals surface area contributed by atoms with Crippen molar-refractivity contribution in [1.29, 1.82) is 0 Å². The first-order valence-corrected chi connectivity index (χ1v) is 2.51. The Bertz CT molecular complexity index is 175. The van der Waals surface area contributed by atoms with Crippen LogP contribution in [0.2, 0.25) is 0 Å². The van der Waals surface area contributed by atoms with E-state index in [0.29, 0.717) is 0 Å². The Labute approximate surface area is 48.4 Å². The molecule has 0 aromatic carbocycles. The fraction of sp³-hybridized carbons (Fsp3) is 0.167. The van der Waals surface area contributed by atoms with Crippen molar-refractivity contribution in [3.8, 4) is 0 Å². The second-order valence-corrected chi connectivity index (χ2v) is 1.57. The van der Waals surface area contributed by atoms with Gasteiger partial charge in [0.25, 0.3) is 0 Å². The molecular weight excluding hydrogens is 100 g/mol. The molecule has 0 saturated carbocycles. The third kappa shape index (κ3) is 0.644. The fourth-order valence-corrected chi connectivity index (χ4v) is 0.599. The molecule has 0 atom stereocenters. The number of nitrogens with zero attached hydrogens (tertiary/aromatic N) is 1. The summed E-state index contributed by atoms with van der Waals surface area (Å²) in [7, 11) is 0. The van der Waals surface area contributed by atoms with Gasteiger partial charge in [-0.25, -0.2) is 0 Å². The second-order valence-electron chi connectivity index (χ2n) is 1.57. The summed E-state index contributed by atoms with van der Waals surface area (Å²) >= 11 is 0. The van der Waals surface area contributed by atoms with E-state index in [-0.39, 0.29) is 0 Å². The van der Waals surface area contributed by atoms with Crippen molar-refractivity contribution >= 4 is 6.21 Å². The van der Waals surface area contributed by atoms with Gasteiger partial charge in [-0.15, -0.1) is 0 Å². The highest BCUT2D eigenvalue weighted by Gasteiger charge is 1.98. The quantitative estimate of drug-likeness (QED) is 0.490. The first-order chi connectivity index (χ1) is 3.84. The number of rotatable bonds is 0. The van der Waals surface area contributed by atoms with Gasteiger partial charge in [0.2, 0.25) is 0 Å². The van der Waals surface area contributed by atoms with Crippen LogP contribution in [0.3, 0.4) is 0 Å². The zero-order valence-electron chi connectivity index (χ0n) is 4.76. The Hall–Kier alpha value is -1.05. The van der Waals surface area contributed by atoms with Crippen molar-refractivity contribution < 1.29 is 0 Å². The zero-order chi connectivity index (χ0) is 5.98. The predicted octanol–water partition coefficient (Wildman–Crippen LogP) is 0.817. The molecule has 8 heavy (non-hydrogen) atoms. The lowest BCUT2D eigenvalue weighted by molar-refractivity contribution is 1.27.